The lowest BCUT2D eigenvalue weighted by Crippen LogP contribution is -1.95. The summed E-state index contributed by atoms with van der Waals surface area (Å²) < 4.78 is 0. The zero-order chi connectivity index (χ0) is 11.0. The fourth-order valence-corrected chi connectivity index (χ4v) is 1.62. The predicted octanol–water partition coefficient (Wildman–Crippen LogP) is 1.54. The molecule has 0 aliphatic rings. The predicted molar refractivity (Wildman–Crippen MR) is 61.1 cm³/mol. The van der Waals surface area contributed by atoms with Gasteiger partial charge in [0.2, 0.25) is 0 Å². The monoisotopic (exact) mass is 209 g/mol. The third-order valence-corrected chi connectivity index (χ3v) is 2.40. The number of fused-ring (bicyclic) bond motifs is 2. The van der Waals surface area contributed by atoms with Gasteiger partial charge in [-0.15, -0.1) is 0 Å². The molecule has 0 saturated carbocycles. The van der Waals surface area contributed by atoms with Gasteiger partial charge >= 0.3 is 0 Å². The maximum Gasteiger partial charge on any atom is 0.190 e. The first-order valence-corrected chi connectivity index (χ1v) is 4.84. The molecule has 0 saturated heterocycles. The fraction of sp³-hybridized carbons (Fsp3) is 0. The molecule has 16 heavy (non-hydrogen) atoms. The first-order chi connectivity index (χ1) is 7.84. The van der Waals surface area contributed by atoms with Gasteiger partial charge in [0.05, 0.1) is 17.1 Å². The van der Waals surface area contributed by atoms with Crippen molar-refractivity contribution in [1.29, 1.82) is 0 Å². The van der Waals surface area contributed by atoms with Crippen LogP contribution in [-0.2, 0) is 0 Å². The van der Waals surface area contributed by atoms with Crippen molar-refractivity contribution in [2.24, 2.45) is 0 Å². The Morgan fingerprint density at radius 2 is 2.06 bits per heavy atom. The second-order valence-electron chi connectivity index (χ2n) is 3.43. The van der Waals surface area contributed by atoms with E-state index >= 15 is 0 Å². The molecule has 0 aliphatic heterocycles. The topological polar surface area (TPSA) is 55.7 Å². The number of pyridine rings is 2. The summed E-state index contributed by atoms with van der Waals surface area (Å²) in [5, 5.41) is 1.30. The number of rotatable bonds is 0. The highest BCUT2D eigenvalue weighted by Gasteiger charge is 2.00. The first kappa shape index (κ1) is 8.91. The van der Waals surface area contributed by atoms with Crippen LogP contribution in [0.2, 0.25) is 0 Å². The lowest BCUT2D eigenvalue weighted by atomic mass is 10.3. The van der Waals surface area contributed by atoms with Crippen LogP contribution in [0.1, 0.15) is 0 Å². The van der Waals surface area contributed by atoms with E-state index in [0.29, 0.717) is 16.6 Å². The van der Waals surface area contributed by atoms with Crippen molar-refractivity contribution in [3.05, 3.63) is 53.1 Å². The third-order valence-electron chi connectivity index (χ3n) is 2.40. The van der Waals surface area contributed by atoms with Gasteiger partial charge in [-0.3, -0.25) is 9.78 Å². The Balaban J connectivity index is 2.65. The van der Waals surface area contributed by atoms with Crippen LogP contribution in [0, 0.1) is 0 Å². The average Bonchev–Trinajstić information content (AvgIpc) is 2.45. The smallest absolute Gasteiger partial charge is 0.190 e. The van der Waals surface area contributed by atoms with E-state index in [1.807, 2.05) is 0 Å². The highest BCUT2D eigenvalue weighted by Crippen LogP contribution is 2.09. The zero-order valence-corrected chi connectivity index (χ0v) is 8.29. The van der Waals surface area contributed by atoms with E-state index in [1.165, 1.54) is 0 Å². The Labute approximate surface area is 90.6 Å². The maximum absolute atomic E-state index is 11.9. The minimum atomic E-state index is -0.0724. The lowest BCUT2D eigenvalue weighted by molar-refractivity contribution is 1.30. The number of nitrogens with zero attached hydrogens (tertiary/aromatic N) is 3. The molecule has 76 valence electrons. The average molecular weight is 209 g/mol. The number of aromatic nitrogens is 3. The van der Waals surface area contributed by atoms with Gasteiger partial charge in [-0.2, -0.15) is 0 Å². The molecule has 0 radical (unpaired) electrons. The highest BCUT2D eigenvalue weighted by atomic mass is 16.1. The Morgan fingerprint density at radius 1 is 1.12 bits per heavy atom. The summed E-state index contributed by atoms with van der Waals surface area (Å²) in [6, 6.07) is 6.79. The summed E-state index contributed by atoms with van der Waals surface area (Å²) >= 11 is 0. The van der Waals surface area contributed by atoms with Crippen molar-refractivity contribution in [3.8, 4) is 0 Å². The SMILES string of the molecule is O=c1cc2ccncc2nc2ncccc12. The lowest BCUT2D eigenvalue weighted by Gasteiger charge is -1.88. The van der Waals surface area contributed by atoms with E-state index in [0.717, 1.165) is 5.39 Å². The van der Waals surface area contributed by atoms with Gasteiger partial charge in [-0.25, -0.2) is 9.97 Å². The van der Waals surface area contributed by atoms with E-state index in [-0.39, 0.29) is 5.43 Å². The number of hydrogen-bond acceptors (Lipinski definition) is 4. The minimum absolute atomic E-state index is 0.0724. The molecule has 3 heterocycles. The van der Waals surface area contributed by atoms with E-state index in [4.69, 9.17) is 0 Å². The molecule has 0 aliphatic carbocycles. The molecule has 0 N–H and O–H groups in total. The number of hydrogen-bond donors (Lipinski definition) is 0. The summed E-state index contributed by atoms with van der Waals surface area (Å²) in [6.45, 7) is 0. The molecule has 4 heteroatoms. The van der Waals surface area contributed by atoms with Crippen LogP contribution in [0.25, 0.3) is 21.9 Å². The summed E-state index contributed by atoms with van der Waals surface area (Å²) in [6.07, 6.45) is 4.89. The molecule has 3 aromatic heterocycles. The molecule has 0 bridgehead atoms. The molecular weight excluding hydrogens is 202 g/mol. The standard InChI is InChI=1S/C12H7N3O/c16-11-6-8-3-5-13-7-10(8)15-12-9(11)2-1-4-14-12/h1-7H. The van der Waals surface area contributed by atoms with E-state index in [2.05, 4.69) is 15.0 Å². The largest absolute Gasteiger partial charge is 0.289 e. The molecule has 0 aromatic carbocycles. The highest BCUT2D eigenvalue weighted by molar-refractivity contribution is 5.84. The van der Waals surface area contributed by atoms with Crippen molar-refractivity contribution in [2.45, 2.75) is 0 Å². The zero-order valence-electron chi connectivity index (χ0n) is 8.29. The van der Waals surface area contributed by atoms with Crippen LogP contribution in [0.15, 0.2) is 47.7 Å². The summed E-state index contributed by atoms with van der Waals surface area (Å²) in [7, 11) is 0. The van der Waals surface area contributed by atoms with Crippen LogP contribution in [0.4, 0.5) is 0 Å². The van der Waals surface area contributed by atoms with Crippen LogP contribution in [0.5, 0.6) is 0 Å². The van der Waals surface area contributed by atoms with Crippen molar-refractivity contribution in [1.82, 2.24) is 15.0 Å². The van der Waals surface area contributed by atoms with Crippen LogP contribution in [0.3, 0.4) is 0 Å². The van der Waals surface area contributed by atoms with Crippen LogP contribution >= 0.6 is 0 Å². The van der Waals surface area contributed by atoms with Crippen LogP contribution in [-0.4, -0.2) is 15.0 Å². The molecule has 0 fully saturated rings. The molecule has 0 unspecified atom stereocenters. The van der Waals surface area contributed by atoms with Crippen molar-refractivity contribution < 1.29 is 0 Å². The Morgan fingerprint density at radius 3 is 3.00 bits per heavy atom. The normalized spacial score (nSPS) is 10.8. The van der Waals surface area contributed by atoms with E-state index < -0.39 is 0 Å². The van der Waals surface area contributed by atoms with Gasteiger partial charge in [0.25, 0.3) is 0 Å². The molecule has 4 nitrogen and oxygen atoms in total. The first-order valence-electron chi connectivity index (χ1n) is 4.84. The fourth-order valence-electron chi connectivity index (χ4n) is 1.62. The quantitative estimate of drug-likeness (QED) is 0.563. The van der Waals surface area contributed by atoms with Gasteiger partial charge in [-0.1, -0.05) is 0 Å². The Kier molecular flexibility index (Phi) is 1.86. The summed E-state index contributed by atoms with van der Waals surface area (Å²) in [4.78, 5) is 24.3. The van der Waals surface area contributed by atoms with Crippen molar-refractivity contribution in [3.63, 3.8) is 0 Å². The third kappa shape index (κ3) is 1.32. The van der Waals surface area contributed by atoms with Crippen molar-refractivity contribution >= 4 is 21.9 Å². The van der Waals surface area contributed by atoms with E-state index in [1.54, 1.807) is 42.9 Å². The molecular formula is C12H7N3O. The van der Waals surface area contributed by atoms with Gasteiger partial charge in [0.15, 0.2) is 11.1 Å². The minimum Gasteiger partial charge on any atom is -0.289 e. The van der Waals surface area contributed by atoms with Crippen molar-refractivity contribution in [2.75, 3.05) is 0 Å². The molecule has 3 rings (SSSR count). The van der Waals surface area contributed by atoms with Gasteiger partial charge < -0.3 is 0 Å². The van der Waals surface area contributed by atoms with Gasteiger partial charge in [0, 0.05) is 17.8 Å². The Bertz CT molecular complexity index is 740. The second kappa shape index (κ2) is 3.34. The van der Waals surface area contributed by atoms with Gasteiger partial charge in [0.1, 0.15) is 0 Å². The molecule has 0 atom stereocenters. The summed E-state index contributed by atoms with van der Waals surface area (Å²) in [5.74, 6) is 0. The summed E-state index contributed by atoms with van der Waals surface area (Å²) in [5.41, 5.74) is 1.06. The Hall–Kier alpha value is -2.36. The maximum atomic E-state index is 11.9. The van der Waals surface area contributed by atoms with Crippen LogP contribution < -0.4 is 5.43 Å². The molecule has 3 aromatic rings. The van der Waals surface area contributed by atoms with E-state index in [9.17, 15) is 4.79 Å². The molecule has 0 amide bonds. The van der Waals surface area contributed by atoms with Gasteiger partial charge in [-0.05, 0) is 24.3 Å². The second-order valence-corrected chi connectivity index (χ2v) is 3.43. The molecule has 0 spiro atoms.